The molecule has 0 unspecified atom stereocenters. The Morgan fingerprint density at radius 3 is 2.76 bits per heavy atom. The third-order valence-corrected chi connectivity index (χ3v) is 3.25. The standard InChI is InChI=1S/C17H14FNO2/c1-11-9-16(13-6-4-8-15(20)17(13)19-11)21-10-12-5-2-3-7-14(12)18/h2-9,20H,10H2,1H3. The largest absolute Gasteiger partial charge is 0.506 e. The van der Waals surface area contributed by atoms with Crippen LogP contribution in [-0.2, 0) is 6.61 Å². The van der Waals surface area contributed by atoms with Gasteiger partial charge in [-0.2, -0.15) is 0 Å². The van der Waals surface area contributed by atoms with Gasteiger partial charge in [-0.05, 0) is 25.1 Å². The van der Waals surface area contributed by atoms with Crippen molar-refractivity contribution in [2.45, 2.75) is 13.5 Å². The molecule has 0 radical (unpaired) electrons. The molecule has 106 valence electrons. The predicted molar refractivity (Wildman–Crippen MR) is 78.9 cm³/mol. The lowest BCUT2D eigenvalue weighted by Crippen LogP contribution is -2.00. The first-order valence-electron chi connectivity index (χ1n) is 6.60. The van der Waals surface area contributed by atoms with Gasteiger partial charge in [-0.3, -0.25) is 0 Å². The highest BCUT2D eigenvalue weighted by Crippen LogP contribution is 2.31. The molecule has 0 bridgehead atoms. The van der Waals surface area contributed by atoms with Crippen molar-refractivity contribution in [2.24, 2.45) is 0 Å². The molecule has 1 N–H and O–H groups in total. The van der Waals surface area contributed by atoms with Crippen molar-refractivity contribution in [1.29, 1.82) is 0 Å². The van der Waals surface area contributed by atoms with Crippen molar-refractivity contribution in [1.82, 2.24) is 4.98 Å². The highest BCUT2D eigenvalue weighted by Gasteiger charge is 2.09. The van der Waals surface area contributed by atoms with E-state index in [1.165, 1.54) is 6.07 Å². The molecule has 4 heteroatoms. The van der Waals surface area contributed by atoms with Crippen LogP contribution in [0.15, 0.2) is 48.5 Å². The van der Waals surface area contributed by atoms with Crippen LogP contribution in [-0.4, -0.2) is 10.1 Å². The summed E-state index contributed by atoms with van der Waals surface area (Å²) >= 11 is 0. The Morgan fingerprint density at radius 2 is 1.95 bits per heavy atom. The summed E-state index contributed by atoms with van der Waals surface area (Å²) in [5.41, 5.74) is 1.70. The molecule has 3 nitrogen and oxygen atoms in total. The quantitative estimate of drug-likeness (QED) is 0.791. The van der Waals surface area contributed by atoms with Crippen molar-refractivity contribution in [3.63, 3.8) is 0 Å². The summed E-state index contributed by atoms with van der Waals surface area (Å²) in [6, 6.07) is 13.4. The maximum atomic E-state index is 13.6. The average Bonchev–Trinajstić information content (AvgIpc) is 2.47. The summed E-state index contributed by atoms with van der Waals surface area (Å²) < 4.78 is 19.3. The minimum Gasteiger partial charge on any atom is -0.506 e. The molecular weight excluding hydrogens is 269 g/mol. The molecule has 0 aliphatic heterocycles. The first kappa shape index (κ1) is 13.4. The zero-order valence-electron chi connectivity index (χ0n) is 11.5. The number of para-hydroxylation sites is 1. The number of hydrogen-bond acceptors (Lipinski definition) is 3. The maximum Gasteiger partial charge on any atom is 0.141 e. The van der Waals surface area contributed by atoms with Crippen molar-refractivity contribution in [2.75, 3.05) is 0 Å². The van der Waals surface area contributed by atoms with Gasteiger partial charge in [-0.1, -0.05) is 24.3 Å². The highest BCUT2D eigenvalue weighted by atomic mass is 19.1. The molecule has 0 spiro atoms. The van der Waals surface area contributed by atoms with Gasteiger partial charge in [0.15, 0.2) is 0 Å². The predicted octanol–water partition coefficient (Wildman–Crippen LogP) is 3.97. The molecule has 0 atom stereocenters. The second-order valence-electron chi connectivity index (χ2n) is 4.82. The lowest BCUT2D eigenvalue weighted by atomic mass is 10.1. The van der Waals surface area contributed by atoms with E-state index in [4.69, 9.17) is 4.74 Å². The summed E-state index contributed by atoms with van der Waals surface area (Å²) in [4.78, 5) is 4.30. The minimum atomic E-state index is -0.296. The van der Waals surface area contributed by atoms with Crippen LogP contribution in [0.5, 0.6) is 11.5 Å². The first-order chi connectivity index (χ1) is 10.1. The zero-order valence-corrected chi connectivity index (χ0v) is 11.5. The molecule has 3 aromatic rings. The molecule has 0 fully saturated rings. The van der Waals surface area contributed by atoms with Crippen LogP contribution >= 0.6 is 0 Å². The molecule has 1 heterocycles. The molecule has 0 saturated heterocycles. The van der Waals surface area contributed by atoms with E-state index < -0.39 is 0 Å². The smallest absolute Gasteiger partial charge is 0.141 e. The number of ether oxygens (including phenoxy) is 1. The lowest BCUT2D eigenvalue weighted by molar-refractivity contribution is 0.303. The third kappa shape index (κ3) is 2.65. The number of aromatic nitrogens is 1. The van der Waals surface area contributed by atoms with Crippen LogP contribution < -0.4 is 4.74 Å². The number of aryl methyl sites for hydroxylation is 1. The number of hydrogen-bond donors (Lipinski definition) is 1. The Hall–Kier alpha value is -2.62. The fraction of sp³-hybridized carbons (Fsp3) is 0.118. The van der Waals surface area contributed by atoms with E-state index in [2.05, 4.69) is 4.98 Å². The number of halogens is 1. The van der Waals surface area contributed by atoms with Gasteiger partial charge < -0.3 is 9.84 Å². The molecule has 21 heavy (non-hydrogen) atoms. The zero-order chi connectivity index (χ0) is 14.8. The number of phenols is 1. The normalized spacial score (nSPS) is 10.8. The van der Waals surface area contributed by atoms with Gasteiger partial charge in [0.05, 0.1) is 0 Å². The number of pyridine rings is 1. The van der Waals surface area contributed by atoms with E-state index in [1.807, 2.05) is 13.0 Å². The number of fused-ring (bicyclic) bond motifs is 1. The van der Waals surface area contributed by atoms with Crippen LogP contribution in [0.1, 0.15) is 11.3 Å². The van der Waals surface area contributed by atoms with E-state index in [9.17, 15) is 9.50 Å². The van der Waals surface area contributed by atoms with Crippen LogP contribution in [0.3, 0.4) is 0 Å². The monoisotopic (exact) mass is 283 g/mol. The Morgan fingerprint density at radius 1 is 1.14 bits per heavy atom. The fourth-order valence-electron chi connectivity index (χ4n) is 2.21. The van der Waals surface area contributed by atoms with Gasteiger partial charge in [-0.15, -0.1) is 0 Å². The number of benzene rings is 2. The molecule has 3 rings (SSSR count). The van der Waals surface area contributed by atoms with E-state index in [-0.39, 0.29) is 18.2 Å². The second kappa shape index (κ2) is 5.40. The highest BCUT2D eigenvalue weighted by molar-refractivity contribution is 5.89. The lowest BCUT2D eigenvalue weighted by Gasteiger charge is -2.11. The SMILES string of the molecule is Cc1cc(OCc2ccccc2F)c2cccc(O)c2n1. The Balaban J connectivity index is 1.97. The van der Waals surface area contributed by atoms with Crippen molar-refractivity contribution in [3.05, 3.63) is 65.6 Å². The molecule has 2 aromatic carbocycles. The molecule has 0 saturated carbocycles. The van der Waals surface area contributed by atoms with Crippen LogP contribution in [0.4, 0.5) is 4.39 Å². The van der Waals surface area contributed by atoms with Gasteiger partial charge >= 0.3 is 0 Å². The second-order valence-corrected chi connectivity index (χ2v) is 4.82. The van der Waals surface area contributed by atoms with E-state index in [1.54, 1.807) is 36.4 Å². The van der Waals surface area contributed by atoms with E-state index in [0.717, 1.165) is 5.69 Å². The van der Waals surface area contributed by atoms with Crippen molar-refractivity contribution >= 4 is 10.9 Å². The third-order valence-electron chi connectivity index (χ3n) is 3.25. The van der Waals surface area contributed by atoms with Crippen molar-refractivity contribution in [3.8, 4) is 11.5 Å². The van der Waals surface area contributed by atoms with Gasteiger partial charge in [0.2, 0.25) is 0 Å². The number of rotatable bonds is 3. The summed E-state index contributed by atoms with van der Waals surface area (Å²) in [5, 5.41) is 10.6. The Bertz CT molecular complexity index is 802. The van der Waals surface area contributed by atoms with Crippen LogP contribution in [0.25, 0.3) is 10.9 Å². The van der Waals surface area contributed by atoms with Crippen LogP contribution in [0, 0.1) is 12.7 Å². The van der Waals surface area contributed by atoms with Gasteiger partial charge in [-0.25, -0.2) is 9.37 Å². The van der Waals surface area contributed by atoms with Gasteiger partial charge in [0.25, 0.3) is 0 Å². The summed E-state index contributed by atoms with van der Waals surface area (Å²) in [5.74, 6) is 0.388. The Kier molecular flexibility index (Phi) is 3.44. The maximum absolute atomic E-state index is 13.6. The van der Waals surface area contributed by atoms with Gasteiger partial charge in [0, 0.05) is 22.7 Å². The van der Waals surface area contributed by atoms with Crippen molar-refractivity contribution < 1.29 is 14.2 Å². The van der Waals surface area contributed by atoms with Gasteiger partial charge in [0.1, 0.15) is 29.4 Å². The molecule has 0 aliphatic rings. The number of phenolic OH excluding ortho intramolecular Hbond substituents is 1. The number of aromatic hydroxyl groups is 1. The number of nitrogens with zero attached hydrogens (tertiary/aromatic N) is 1. The minimum absolute atomic E-state index is 0.104. The molecule has 1 aromatic heterocycles. The van der Waals surface area contributed by atoms with E-state index in [0.29, 0.717) is 22.2 Å². The topological polar surface area (TPSA) is 42.4 Å². The molecule has 0 aliphatic carbocycles. The van der Waals surface area contributed by atoms with E-state index >= 15 is 0 Å². The summed E-state index contributed by atoms with van der Waals surface area (Å²) in [7, 11) is 0. The average molecular weight is 283 g/mol. The Labute approximate surface area is 121 Å². The fourth-order valence-corrected chi connectivity index (χ4v) is 2.21. The summed E-state index contributed by atoms with van der Waals surface area (Å²) in [6.45, 7) is 1.95. The molecular formula is C17H14FNO2. The summed E-state index contributed by atoms with van der Waals surface area (Å²) in [6.07, 6.45) is 0. The molecule has 0 amide bonds. The first-order valence-corrected chi connectivity index (χ1v) is 6.60. The van der Waals surface area contributed by atoms with Crippen LogP contribution in [0.2, 0.25) is 0 Å².